The fraction of sp³-hybridized carbons (Fsp3) is 0.200. The van der Waals surface area contributed by atoms with Crippen LogP contribution in [0.15, 0.2) is 97.1 Å². The maximum atomic E-state index is 14.1. The molecule has 282 valence electrons. The number of alkyl halides is 12. The number of hydrogen-bond acceptors (Lipinski definition) is 1. The number of aromatic hydroxyl groups is 1. The molecule has 54 heavy (non-hydrogen) atoms. The molecule has 0 aliphatic rings. The van der Waals surface area contributed by atoms with Gasteiger partial charge in [-0.1, -0.05) is 48.5 Å². The number of phenolic OH excluding ortho intramolecular Hbond substituents is 1. The Kier molecular flexibility index (Phi) is 9.24. The van der Waals surface area contributed by atoms with E-state index in [0.717, 1.165) is 0 Å². The van der Waals surface area contributed by atoms with Crippen LogP contribution in [0, 0.1) is 0 Å². The van der Waals surface area contributed by atoms with Crippen LogP contribution in [-0.4, -0.2) is 30.7 Å². The summed E-state index contributed by atoms with van der Waals surface area (Å²) >= 11 is 0. The number of halogens is 12. The van der Waals surface area contributed by atoms with Crippen LogP contribution in [-0.2, 0) is 31.2 Å². The highest BCUT2D eigenvalue weighted by molar-refractivity contribution is 6.13. The molecule has 2 nitrogen and oxygen atoms in total. The third-order valence-electron chi connectivity index (χ3n) is 8.86. The molecule has 0 spiro atoms. The Labute approximate surface area is 300 Å². The van der Waals surface area contributed by atoms with E-state index in [4.69, 9.17) is 0 Å². The zero-order valence-corrected chi connectivity index (χ0v) is 28.4. The monoisotopic (exact) mass is 766 g/mol. The van der Waals surface area contributed by atoms with Crippen molar-refractivity contribution in [3.05, 3.63) is 125 Å². The lowest BCUT2D eigenvalue weighted by Crippen LogP contribution is -2.33. The minimum Gasteiger partial charge on any atom is -0.507 e. The quantitative estimate of drug-likeness (QED) is 0.137. The van der Waals surface area contributed by atoms with Crippen LogP contribution in [0.5, 0.6) is 5.75 Å². The molecule has 14 heteroatoms. The van der Waals surface area contributed by atoms with Crippen molar-refractivity contribution in [1.29, 1.82) is 0 Å². The summed E-state index contributed by atoms with van der Waals surface area (Å²) < 4.78 is 169. The van der Waals surface area contributed by atoms with Gasteiger partial charge in [0.25, 0.3) is 0 Å². The first-order valence-corrected chi connectivity index (χ1v) is 16.0. The lowest BCUT2D eigenvalue weighted by molar-refractivity contribution is -0.883. The molecule has 0 radical (unpaired) electrons. The van der Waals surface area contributed by atoms with Crippen LogP contribution < -0.4 is 0 Å². The molecule has 6 rings (SSSR count). The van der Waals surface area contributed by atoms with Crippen LogP contribution in [0.25, 0.3) is 54.9 Å². The summed E-state index contributed by atoms with van der Waals surface area (Å²) in [6.07, 6.45) is -20.8. The van der Waals surface area contributed by atoms with E-state index in [2.05, 4.69) is 0 Å². The molecule has 0 saturated carbocycles. The van der Waals surface area contributed by atoms with Crippen molar-refractivity contribution in [2.45, 2.75) is 31.2 Å². The first-order chi connectivity index (χ1) is 24.8. The lowest BCUT2D eigenvalue weighted by Gasteiger charge is -2.29. The summed E-state index contributed by atoms with van der Waals surface area (Å²) in [6, 6.07) is 17.1. The smallest absolute Gasteiger partial charge is 0.416 e. The van der Waals surface area contributed by atoms with Gasteiger partial charge in [0.05, 0.1) is 43.4 Å². The van der Waals surface area contributed by atoms with E-state index in [-0.39, 0.29) is 56.2 Å². The molecule has 0 aliphatic carbocycles. The number of nitrogens with zero attached hydrogens (tertiary/aromatic N) is 1. The Balaban J connectivity index is 1.82. The van der Waals surface area contributed by atoms with Gasteiger partial charge in [-0.25, -0.2) is 0 Å². The largest absolute Gasteiger partial charge is 0.507 e. The molecule has 0 unspecified atom stereocenters. The van der Waals surface area contributed by atoms with Crippen molar-refractivity contribution in [2.75, 3.05) is 21.1 Å². The van der Waals surface area contributed by atoms with Gasteiger partial charge in [0.15, 0.2) is 0 Å². The summed E-state index contributed by atoms with van der Waals surface area (Å²) in [5.74, 6) is -0.758. The fourth-order valence-electron chi connectivity index (χ4n) is 6.60. The Morgan fingerprint density at radius 1 is 0.463 bits per heavy atom. The molecule has 0 saturated heterocycles. The van der Waals surface area contributed by atoms with Gasteiger partial charge in [-0.05, 0) is 86.8 Å². The second-order valence-corrected chi connectivity index (χ2v) is 13.9. The van der Waals surface area contributed by atoms with Gasteiger partial charge in [-0.3, -0.25) is 0 Å². The zero-order chi connectivity index (χ0) is 39.8. The molecule has 1 N–H and O–H groups in total. The molecule has 0 atom stereocenters. The van der Waals surface area contributed by atoms with Crippen molar-refractivity contribution in [2.24, 2.45) is 0 Å². The van der Waals surface area contributed by atoms with E-state index in [1.807, 2.05) is 0 Å². The minimum absolute atomic E-state index is 0.00195. The van der Waals surface area contributed by atoms with E-state index in [9.17, 15) is 57.8 Å². The van der Waals surface area contributed by atoms with Crippen molar-refractivity contribution >= 4 is 21.5 Å². The van der Waals surface area contributed by atoms with Gasteiger partial charge >= 0.3 is 24.7 Å². The van der Waals surface area contributed by atoms with Crippen molar-refractivity contribution in [3.63, 3.8) is 0 Å². The van der Waals surface area contributed by atoms with Crippen LogP contribution in [0.2, 0.25) is 0 Å². The maximum absolute atomic E-state index is 14.1. The second kappa shape index (κ2) is 13.0. The van der Waals surface area contributed by atoms with Gasteiger partial charge < -0.3 is 9.59 Å². The Morgan fingerprint density at radius 3 is 1.20 bits per heavy atom. The first-order valence-electron chi connectivity index (χ1n) is 16.0. The molecule has 0 heterocycles. The van der Waals surface area contributed by atoms with Gasteiger partial charge in [0, 0.05) is 22.3 Å². The van der Waals surface area contributed by atoms with Crippen LogP contribution in [0.1, 0.15) is 27.8 Å². The van der Waals surface area contributed by atoms with E-state index in [1.165, 1.54) is 24.3 Å². The number of fused-ring (bicyclic) bond motifs is 2. The standard InChI is InChI=1S/C40H27F12NO/c1-53(2,3)20-33-31(23-12-25(37(41,42)43)18-26(13-23)38(44,45)46)16-21-8-4-6-10-29(21)34(33)35-30-11-7-5-9-22(30)17-32(36(35)54)24-14-27(39(47,48)49)19-28(15-24)40(50,51)52/h4-19H,20H2,1-3H3/p+1. The minimum atomic E-state index is -5.21. The zero-order valence-electron chi connectivity index (χ0n) is 28.4. The average Bonchev–Trinajstić information content (AvgIpc) is 3.05. The summed E-state index contributed by atoms with van der Waals surface area (Å²) in [5.41, 5.74) is -7.83. The van der Waals surface area contributed by atoms with Crippen LogP contribution in [0.4, 0.5) is 52.7 Å². The van der Waals surface area contributed by atoms with E-state index in [1.54, 1.807) is 57.5 Å². The van der Waals surface area contributed by atoms with Crippen molar-refractivity contribution in [3.8, 4) is 39.1 Å². The first kappa shape index (κ1) is 38.5. The summed E-state index contributed by atoms with van der Waals surface area (Å²) in [4.78, 5) is 0. The van der Waals surface area contributed by atoms with Crippen LogP contribution in [0.3, 0.4) is 0 Å². The second-order valence-electron chi connectivity index (χ2n) is 13.9. The summed E-state index contributed by atoms with van der Waals surface area (Å²) in [5, 5.41) is 13.3. The molecule has 0 bridgehead atoms. The highest BCUT2D eigenvalue weighted by Gasteiger charge is 2.39. The molecule has 0 aromatic heterocycles. The van der Waals surface area contributed by atoms with E-state index < -0.39 is 69.4 Å². The molecule has 0 amide bonds. The van der Waals surface area contributed by atoms with Gasteiger partial charge in [-0.15, -0.1) is 0 Å². The Morgan fingerprint density at radius 2 is 0.815 bits per heavy atom. The van der Waals surface area contributed by atoms with E-state index in [0.29, 0.717) is 35.0 Å². The predicted molar refractivity (Wildman–Crippen MR) is 181 cm³/mol. The molecular weight excluding hydrogens is 738 g/mol. The number of rotatable bonds is 5. The van der Waals surface area contributed by atoms with Gasteiger partial charge in [0.1, 0.15) is 12.3 Å². The molecule has 6 aromatic rings. The van der Waals surface area contributed by atoms with Crippen molar-refractivity contribution in [1.82, 2.24) is 0 Å². The summed E-state index contributed by atoms with van der Waals surface area (Å²) in [7, 11) is 5.10. The predicted octanol–water partition coefficient (Wildman–Crippen LogP) is 13.0. The molecule has 0 aliphatic heterocycles. The van der Waals surface area contributed by atoms with Crippen molar-refractivity contribution < 1.29 is 62.3 Å². The molecule has 0 fully saturated rings. The molecule has 6 aromatic carbocycles. The number of quaternary nitrogens is 1. The molecular formula is C40H28F12NO+. The number of phenols is 1. The third-order valence-corrected chi connectivity index (χ3v) is 8.86. The topological polar surface area (TPSA) is 20.2 Å². The number of hydrogen-bond donors (Lipinski definition) is 1. The van der Waals surface area contributed by atoms with E-state index >= 15 is 0 Å². The number of benzene rings is 6. The highest BCUT2D eigenvalue weighted by Crippen LogP contribution is 2.51. The van der Waals surface area contributed by atoms with Gasteiger partial charge in [-0.2, -0.15) is 52.7 Å². The fourth-order valence-corrected chi connectivity index (χ4v) is 6.60. The highest BCUT2D eigenvalue weighted by atomic mass is 19.4. The van der Waals surface area contributed by atoms with Gasteiger partial charge in [0.2, 0.25) is 0 Å². The Hall–Kier alpha value is -5.24. The lowest BCUT2D eigenvalue weighted by atomic mass is 9.82. The SMILES string of the molecule is C[N+](C)(C)Cc1c(-c2cc(C(F)(F)F)cc(C(F)(F)F)c2)cc2ccccc2c1-c1c(O)c(-c2cc(C(F)(F)F)cc(C(F)(F)F)c2)cc2ccccc12. The third kappa shape index (κ3) is 7.57. The maximum Gasteiger partial charge on any atom is 0.416 e. The summed E-state index contributed by atoms with van der Waals surface area (Å²) in [6.45, 7) is -0.0765. The normalized spacial score (nSPS) is 13.2. The van der Waals surface area contributed by atoms with Crippen LogP contribution >= 0.6 is 0 Å². The Bertz CT molecular complexity index is 2350. The average molecular weight is 767 g/mol.